The molecule has 2 fully saturated rings. The van der Waals surface area contributed by atoms with Crippen LogP contribution in [0.15, 0.2) is 52.1 Å². The normalized spacial score (nSPS) is 17.1. The number of carbonyl (C=O) groups is 2. The Morgan fingerprint density at radius 3 is 2.51 bits per heavy atom. The molecule has 2 aromatic carbocycles. The lowest BCUT2D eigenvalue weighted by Crippen LogP contribution is -2.50. The van der Waals surface area contributed by atoms with E-state index < -0.39 is 0 Å². The van der Waals surface area contributed by atoms with E-state index in [1.807, 2.05) is 13.8 Å². The van der Waals surface area contributed by atoms with E-state index in [1.54, 1.807) is 51.9 Å². The highest BCUT2D eigenvalue weighted by atomic mass is 35.5. The van der Waals surface area contributed by atoms with Crippen molar-refractivity contribution in [2.45, 2.75) is 64.7 Å². The lowest BCUT2D eigenvalue weighted by molar-refractivity contribution is 0.0913. The Balaban J connectivity index is 1.24. The van der Waals surface area contributed by atoms with E-state index >= 15 is 0 Å². The maximum absolute atomic E-state index is 13.3. The molecule has 1 aliphatic carbocycles. The van der Waals surface area contributed by atoms with Crippen LogP contribution in [-0.4, -0.2) is 56.3 Å². The minimum Gasteiger partial charge on any atom is -0.771 e. The van der Waals surface area contributed by atoms with Gasteiger partial charge in [-0.2, -0.15) is 0 Å². The number of nitrogens with one attached hydrogen (secondary N) is 3. The molecule has 1 aliphatic heterocycles. The molecule has 0 spiro atoms. The monoisotopic (exact) mass is 610 g/mol. The molecule has 3 N–H and O–H groups in total. The molecule has 5 rings (SSSR count). The number of hydrogen-bond donors (Lipinski definition) is 3. The highest BCUT2D eigenvalue weighted by Gasteiger charge is 2.27. The second kappa shape index (κ2) is 13.3. The first kappa shape index (κ1) is 30.7. The molecule has 12 nitrogen and oxygen atoms in total. The predicted octanol–water partition coefficient (Wildman–Crippen LogP) is 3.58. The third-order valence-corrected chi connectivity index (χ3v) is 8.12. The van der Waals surface area contributed by atoms with E-state index in [0.717, 1.165) is 31.2 Å². The lowest BCUT2D eigenvalue weighted by atomic mass is 10.0. The Bertz CT molecular complexity index is 1600. The van der Waals surface area contributed by atoms with Gasteiger partial charge in [0, 0.05) is 49.5 Å². The number of hydroxylamine groups is 1. The van der Waals surface area contributed by atoms with Crippen molar-refractivity contribution in [3.63, 3.8) is 0 Å². The average molecular weight is 611 g/mol. The van der Waals surface area contributed by atoms with Crippen molar-refractivity contribution >= 4 is 40.1 Å². The van der Waals surface area contributed by atoms with E-state index in [1.165, 1.54) is 4.57 Å². The molecule has 2 heterocycles. The summed E-state index contributed by atoms with van der Waals surface area (Å²) in [6.45, 7) is 5.39. The number of fused-ring (bicyclic) bond motifs is 1. The molecule has 0 bridgehead atoms. The number of rotatable bonds is 10. The number of carbonyl (C=O) groups excluding carboxylic acids is 2. The number of alkyl halides is 1. The van der Waals surface area contributed by atoms with Gasteiger partial charge in [0.2, 0.25) is 0 Å². The number of benzene rings is 2. The summed E-state index contributed by atoms with van der Waals surface area (Å²) >= 11 is 5.46. The molecule has 1 aromatic heterocycles. The lowest BCUT2D eigenvalue weighted by Gasteiger charge is -2.33. The maximum Gasteiger partial charge on any atom is 0.331 e. The van der Waals surface area contributed by atoms with E-state index in [9.17, 15) is 24.4 Å². The van der Waals surface area contributed by atoms with Crippen LogP contribution in [0.2, 0.25) is 0 Å². The number of aromatic nitrogens is 2. The van der Waals surface area contributed by atoms with Crippen LogP contribution in [0, 0.1) is 11.1 Å². The maximum atomic E-state index is 13.3. The number of likely N-dealkylation sites (tertiary alicyclic amines) is 1. The van der Waals surface area contributed by atoms with Crippen molar-refractivity contribution in [1.29, 1.82) is 0 Å². The van der Waals surface area contributed by atoms with Crippen LogP contribution >= 0.6 is 11.6 Å². The SMILES string of the molecule is CC(C)n1c(=O)n(CC2CC2)c(=O)c2cc(NC(=O)N3CCC[C@@H](NC(=O)c4ccc(CNN([O-])CCl)cc4)C3)ccc21. The zero-order chi connectivity index (χ0) is 30.7. The van der Waals surface area contributed by atoms with Gasteiger partial charge in [-0.3, -0.25) is 24.1 Å². The van der Waals surface area contributed by atoms with Crippen LogP contribution in [0.4, 0.5) is 10.5 Å². The van der Waals surface area contributed by atoms with E-state index in [-0.39, 0.29) is 47.8 Å². The summed E-state index contributed by atoms with van der Waals surface area (Å²) in [4.78, 5) is 54.3. The summed E-state index contributed by atoms with van der Waals surface area (Å²) in [5.41, 5.74) is 4.27. The van der Waals surface area contributed by atoms with Crippen LogP contribution in [0.3, 0.4) is 0 Å². The van der Waals surface area contributed by atoms with Gasteiger partial charge in [0.25, 0.3) is 11.5 Å². The first-order valence-corrected chi connectivity index (χ1v) is 15.2. The Hall–Kier alpha value is -3.71. The first-order valence-electron chi connectivity index (χ1n) is 14.6. The van der Waals surface area contributed by atoms with Crippen LogP contribution < -0.4 is 27.3 Å². The molecule has 1 saturated heterocycles. The smallest absolute Gasteiger partial charge is 0.331 e. The van der Waals surface area contributed by atoms with Crippen molar-refractivity contribution in [3.8, 4) is 0 Å². The summed E-state index contributed by atoms with van der Waals surface area (Å²) in [6.07, 6.45) is 3.49. The topological polar surface area (TPSA) is 144 Å². The molecular weight excluding hydrogens is 574 g/mol. The van der Waals surface area contributed by atoms with Gasteiger partial charge in [0.05, 0.1) is 16.9 Å². The quantitative estimate of drug-likeness (QED) is 0.181. The highest BCUT2D eigenvalue weighted by Crippen LogP contribution is 2.30. The number of anilines is 1. The Labute approximate surface area is 254 Å². The van der Waals surface area contributed by atoms with Gasteiger partial charge in [-0.25, -0.2) is 9.59 Å². The van der Waals surface area contributed by atoms with Crippen molar-refractivity contribution in [2.75, 3.05) is 24.4 Å². The molecule has 3 aromatic rings. The standard InChI is InChI=1S/C30H37ClN7O5/c1-19(2)38-26-12-11-23(14-25(26)28(40)36(30(38)42)16-21-5-6-21)34-29(41)35-13-3-4-24(17-35)33-27(39)22-9-7-20(8-10-22)15-32-37(43)18-31/h7-12,14,19,21,24,32H,3-6,13,15-18H2,1-2H3,(H,33,39)(H,34,41)/q-1/t24-/m1/s1. The van der Waals surface area contributed by atoms with Crippen LogP contribution in [0.1, 0.15) is 61.5 Å². The zero-order valence-corrected chi connectivity index (χ0v) is 25.1. The summed E-state index contributed by atoms with van der Waals surface area (Å²) in [6, 6.07) is 11.1. The first-order chi connectivity index (χ1) is 20.6. The third kappa shape index (κ3) is 7.27. The number of hydrogen-bond acceptors (Lipinski definition) is 7. The van der Waals surface area contributed by atoms with Gasteiger partial charge >= 0.3 is 11.7 Å². The Morgan fingerprint density at radius 1 is 1.09 bits per heavy atom. The predicted molar refractivity (Wildman–Crippen MR) is 166 cm³/mol. The highest BCUT2D eigenvalue weighted by molar-refractivity contribution is 6.17. The molecule has 1 atom stereocenters. The second-order valence-electron chi connectivity index (χ2n) is 11.6. The molecule has 1 saturated carbocycles. The number of nitrogens with zero attached hydrogens (tertiary/aromatic N) is 4. The Morgan fingerprint density at radius 2 is 1.84 bits per heavy atom. The number of urea groups is 1. The third-order valence-electron chi connectivity index (χ3n) is 7.90. The van der Waals surface area contributed by atoms with Crippen molar-refractivity contribution in [2.24, 2.45) is 5.92 Å². The van der Waals surface area contributed by atoms with Crippen LogP contribution in [0.25, 0.3) is 10.9 Å². The number of amides is 3. The second-order valence-corrected chi connectivity index (χ2v) is 11.8. The van der Waals surface area contributed by atoms with E-state index in [0.29, 0.717) is 52.9 Å². The molecule has 3 amide bonds. The molecule has 0 unspecified atom stereocenters. The minimum atomic E-state index is -0.340. The van der Waals surface area contributed by atoms with Crippen molar-refractivity contribution in [3.05, 3.63) is 79.6 Å². The van der Waals surface area contributed by atoms with Gasteiger partial charge in [-0.1, -0.05) is 12.1 Å². The van der Waals surface area contributed by atoms with E-state index in [2.05, 4.69) is 16.1 Å². The molecule has 2 aliphatic rings. The fourth-order valence-corrected chi connectivity index (χ4v) is 5.51. The van der Waals surface area contributed by atoms with Crippen LogP contribution in [-0.2, 0) is 13.1 Å². The van der Waals surface area contributed by atoms with Crippen LogP contribution in [0.5, 0.6) is 0 Å². The zero-order valence-electron chi connectivity index (χ0n) is 24.3. The molecule has 43 heavy (non-hydrogen) atoms. The summed E-state index contributed by atoms with van der Waals surface area (Å²) in [5.74, 6) is 0.110. The Kier molecular flexibility index (Phi) is 9.50. The molecule has 13 heteroatoms. The summed E-state index contributed by atoms with van der Waals surface area (Å²) in [5, 5.41) is 18.1. The van der Waals surface area contributed by atoms with Gasteiger partial charge < -0.3 is 25.9 Å². The fraction of sp³-hybridized carbons (Fsp3) is 0.467. The summed E-state index contributed by atoms with van der Waals surface area (Å²) < 4.78 is 2.96. The molecule has 0 radical (unpaired) electrons. The van der Waals surface area contributed by atoms with E-state index in [4.69, 9.17) is 11.6 Å². The molecule has 230 valence electrons. The van der Waals surface area contributed by atoms with Crippen molar-refractivity contribution in [1.82, 2.24) is 29.9 Å². The molecular formula is C30H37ClN7O5-. The van der Waals surface area contributed by atoms with Gasteiger partial charge in [-0.15, -0.1) is 11.6 Å². The van der Waals surface area contributed by atoms with Gasteiger partial charge in [0.15, 0.2) is 0 Å². The summed E-state index contributed by atoms with van der Waals surface area (Å²) in [7, 11) is 0. The van der Waals surface area contributed by atoms with Crippen molar-refractivity contribution < 1.29 is 9.59 Å². The number of piperidine rings is 1. The largest absolute Gasteiger partial charge is 0.771 e. The number of halogens is 1. The van der Waals surface area contributed by atoms with Gasteiger partial charge in [0.1, 0.15) is 0 Å². The minimum absolute atomic E-state index is 0.136. The fourth-order valence-electron chi connectivity index (χ4n) is 5.43. The average Bonchev–Trinajstić information content (AvgIpc) is 3.83. The van der Waals surface area contributed by atoms with Gasteiger partial charge in [-0.05, 0) is 81.3 Å². The number of hydrazine groups is 1.